The molecule has 0 aromatic heterocycles. The van der Waals surface area contributed by atoms with E-state index in [4.69, 9.17) is 0 Å². The van der Waals surface area contributed by atoms with Crippen molar-refractivity contribution < 1.29 is 4.79 Å². The average molecular weight is 296 g/mol. The van der Waals surface area contributed by atoms with Crippen molar-refractivity contribution in [1.29, 1.82) is 0 Å². The van der Waals surface area contributed by atoms with Gasteiger partial charge >= 0.3 is 6.03 Å². The number of amides is 2. The smallest absolute Gasteiger partial charge is 0.320 e. The zero-order valence-corrected chi connectivity index (χ0v) is 13.4. The molecule has 2 amide bonds. The summed E-state index contributed by atoms with van der Waals surface area (Å²) in [5.41, 5.74) is 3.14. The Hall–Kier alpha value is -2.29. The molecule has 116 valence electrons. The van der Waals surface area contributed by atoms with E-state index in [1.54, 1.807) is 0 Å². The van der Waals surface area contributed by atoms with Gasteiger partial charge in [0.25, 0.3) is 0 Å². The normalized spacial score (nSPS) is 10.3. The minimum absolute atomic E-state index is 0.0390. The number of rotatable bonds is 6. The molecule has 0 saturated heterocycles. The largest absolute Gasteiger partial charge is 0.322 e. The molecule has 0 radical (unpaired) electrons. The molecule has 0 aliphatic carbocycles. The van der Waals surface area contributed by atoms with Gasteiger partial charge in [-0.1, -0.05) is 55.8 Å². The van der Waals surface area contributed by atoms with Gasteiger partial charge in [-0.05, 0) is 36.6 Å². The summed E-state index contributed by atoms with van der Waals surface area (Å²) in [5, 5.41) is 3.00. The second-order valence-corrected chi connectivity index (χ2v) is 5.56. The Bertz CT molecular complexity index is 595. The Morgan fingerprint density at radius 3 is 2.55 bits per heavy atom. The summed E-state index contributed by atoms with van der Waals surface area (Å²) in [6, 6.07) is 18.0. The highest BCUT2D eigenvalue weighted by molar-refractivity contribution is 5.89. The lowest BCUT2D eigenvalue weighted by Crippen LogP contribution is -2.35. The number of anilines is 1. The quantitative estimate of drug-likeness (QED) is 0.813. The van der Waals surface area contributed by atoms with Crippen molar-refractivity contribution in [3.8, 4) is 0 Å². The lowest BCUT2D eigenvalue weighted by atomic mass is 10.2. The van der Waals surface area contributed by atoms with E-state index in [1.807, 2.05) is 54.3 Å². The molecule has 0 atom stereocenters. The first-order chi connectivity index (χ1) is 10.7. The molecular weight excluding hydrogens is 272 g/mol. The first kappa shape index (κ1) is 16.1. The maximum absolute atomic E-state index is 12.5. The first-order valence-electron chi connectivity index (χ1n) is 7.85. The van der Waals surface area contributed by atoms with E-state index < -0.39 is 0 Å². The summed E-state index contributed by atoms with van der Waals surface area (Å²) in [7, 11) is 0. The molecule has 0 aliphatic rings. The predicted octanol–water partition coefficient (Wildman–Crippen LogP) is 4.83. The number of unbranched alkanes of at least 4 members (excludes halogenated alkanes) is 1. The van der Waals surface area contributed by atoms with Crippen LogP contribution < -0.4 is 5.32 Å². The van der Waals surface area contributed by atoms with Crippen molar-refractivity contribution in [2.24, 2.45) is 0 Å². The number of carbonyl (C=O) groups is 1. The van der Waals surface area contributed by atoms with Gasteiger partial charge in [0.05, 0.1) is 0 Å². The predicted molar refractivity (Wildman–Crippen MR) is 92.0 cm³/mol. The third-order valence-corrected chi connectivity index (χ3v) is 3.55. The Kier molecular flexibility index (Phi) is 6.01. The van der Waals surface area contributed by atoms with Crippen LogP contribution in [0.1, 0.15) is 30.9 Å². The summed E-state index contributed by atoms with van der Waals surface area (Å²) < 4.78 is 0. The summed E-state index contributed by atoms with van der Waals surface area (Å²) in [6.45, 7) is 5.56. The third kappa shape index (κ3) is 4.92. The Morgan fingerprint density at radius 1 is 1.09 bits per heavy atom. The lowest BCUT2D eigenvalue weighted by Gasteiger charge is -2.23. The molecule has 2 aromatic rings. The number of hydrogen-bond acceptors (Lipinski definition) is 1. The highest BCUT2D eigenvalue weighted by atomic mass is 16.2. The summed E-state index contributed by atoms with van der Waals surface area (Å²) in [5.74, 6) is 0. The van der Waals surface area contributed by atoms with E-state index in [0.717, 1.165) is 36.2 Å². The van der Waals surface area contributed by atoms with Crippen molar-refractivity contribution in [3.05, 3.63) is 65.7 Å². The number of urea groups is 1. The summed E-state index contributed by atoms with van der Waals surface area (Å²) in [6.07, 6.45) is 2.08. The molecule has 3 nitrogen and oxygen atoms in total. The molecule has 3 heteroatoms. The van der Waals surface area contributed by atoms with Crippen molar-refractivity contribution in [2.45, 2.75) is 33.2 Å². The molecule has 2 aromatic carbocycles. The topological polar surface area (TPSA) is 32.3 Å². The van der Waals surface area contributed by atoms with Crippen LogP contribution in [0.2, 0.25) is 0 Å². The van der Waals surface area contributed by atoms with Gasteiger partial charge in [0.2, 0.25) is 0 Å². The molecule has 1 N–H and O–H groups in total. The molecule has 0 unspecified atom stereocenters. The molecular formula is C19H24N2O. The van der Waals surface area contributed by atoms with Gasteiger partial charge in [-0.3, -0.25) is 0 Å². The average Bonchev–Trinajstić information content (AvgIpc) is 2.52. The standard InChI is InChI=1S/C19H24N2O/c1-3-4-13-21(15-17-10-6-5-7-11-17)19(22)20-18-12-8-9-16(2)14-18/h5-12,14H,3-4,13,15H2,1-2H3,(H,20,22). The van der Waals surface area contributed by atoms with Crippen molar-refractivity contribution in [3.63, 3.8) is 0 Å². The second kappa shape index (κ2) is 8.23. The van der Waals surface area contributed by atoms with Gasteiger partial charge < -0.3 is 10.2 Å². The maximum Gasteiger partial charge on any atom is 0.322 e. The number of carbonyl (C=O) groups excluding carboxylic acids is 1. The Balaban J connectivity index is 2.05. The maximum atomic E-state index is 12.5. The van der Waals surface area contributed by atoms with Crippen LogP contribution in [0.3, 0.4) is 0 Å². The van der Waals surface area contributed by atoms with Crippen LogP contribution in [0.5, 0.6) is 0 Å². The van der Waals surface area contributed by atoms with Gasteiger partial charge in [0, 0.05) is 18.8 Å². The molecule has 0 fully saturated rings. The van der Waals surface area contributed by atoms with E-state index in [2.05, 4.69) is 24.4 Å². The molecule has 0 heterocycles. The summed E-state index contributed by atoms with van der Waals surface area (Å²) >= 11 is 0. The minimum atomic E-state index is -0.0390. The van der Waals surface area contributed by atoms with Crippen molar-refractivity contribution >= 4 is 11.7 Å². The SMILES string of the molecule is CCCCN(Cc1ccccc1)C(=O)Nc1cccc(C)c1. The highest BCUT2D eigenvalue weighted by Gasteiger charge is 2.13. The van der Waals surface area contributed by atoms with E-state index in [1.165, 1.54) is 0 Å². The Labute approximate surface area is 133 Å². The number of nitrogens with zero attached hydrogens (tertiary/aromatic N) is 1. The Morgan fingerprint density at radius 2 is 1.86 bits per heavy atom. The summed E-state index contributed by atoms with van der Waals surface area (Å²) in [4.78, 5) is 14.4. The van der Waals surface area contributed by atoms with Gasteiger partial charge in [0.15, 0.2) is 0 Å². The van der Waals surface area contributed by atoms with Gasteiger partial charge in [-0.15, -0.1) is 0 Å². The zero-order valence-electron chi connectivity index (χ0n) is 13.4. The highest BCUT2D eigenvalue weighted by Crippen LogP contribution is 2.12. The van der Waals surface area contributed by atoms with Crippen LogP contribution in [0.25, 0.3) is 0 Å². The van der Waals surface area contributed by atoms with E-state index in [9.17, 15) is 4.79 Å². The van der Waals surface area contributed by atoms with Gasteiger partial charge in [-0.25, -0.2) is 4.79 Å². The molecule has 2 rings (SSSR count). The van der Waals surface area contributed by atoms with Crippen molar-refractivity contribution in [2.75, 3.05) is 11.9 Å². The number of hydrogen-bond donors (Lipinski definition) is 1. The molecule has 0 aliphatic heterocycles. The number of benzene rings is 2. The molecule has 0 saturated carbocycles. The third-order valence-electron chi connectivity index (χ3n) is 3.55. The molecule has 0 spiro atoms. The van der Waals surface area contributed by atoms with E-state index in [-0.39, 0.29) is 6.03 Å². The monoisotopic (exact) mass is 296 g/mol. The number of nitrogens with one attached hydrogen (secondary N) is 1. The fourth-order valence-corrected chi connectivity index (χ4v) is 2.33. The zero-order chi connectivity index (χ0) is 15.8. The fourth-order valence-electron chi connectivity index (χ4n) is 2.33. The molecule has 0 bridgehead atoms. The van der Waals surface area contributed by atoms with Gasteiger partial charge in [0.1, 0.15) is 0 Å². The van der Waals surface area contributed by atoms with Crippen LogP contribution in [0.15, 0.2) is 54.6 Å². The van der Waals surface area contributed by atoms with E-state index >= 15 is 0 Å². The van der Waals surface area contributed by atoms with Crippen molar-refractivity contribution in [1.82, 2.24) is 4.90 Å². The fraction of sp³-hybridized carbons (Fsp3) is 0.316. The first-order valence-corrected chi connectivity index (χ1v) is 7.85. The minimum Gasteiger partial charge on any atom is -0.320 e. The van der Waals surface area contributed by atoms with E-state index in [0.29, 0.717) is 6.54 Å². The second-order valence-electron chi connectivity index (χ2n) is 5.56. The molecule has 22 heavy (non-hydrogen) atoms. The van der Waals surface area contributed by atoms with Gasteiger partial charge in [-0.2, -0.15) is 0 Å². The van der Waals surface area contributed by atoms with Crippen LogP contribution in [0.4, 0.5) is 10.5 Å². The van der Waals surface area contributed by atoms with Crippen LogP contribution in [0, 0.1) is 6.92 Å². The van der Waals surface area contributed by atoms with Crippen LogP contribution in [-0.2, 0) is 6.54 Å². The number of aryl methyl sites for hydroxylation is 1. The van der Waals surface area contributed by atoms with Crippen LogP contribution >= 0.6 is 0 Å². The lowest BCUT2D eigenvalue weighted by molar-refractivity contribution is 0.208. The van der Waals surface area contributed by atoms with Crippen LogP contribution in [-0.4, -0.2) is 17.5 Å².